The number of rotatable bonds is 0. The molecule has 38 valence electrons. The zero-order valence-electron chi connectivity index (χ0n) is 4.52. The maximum Gasteiger partial charge on any atom is 0.0859 e. The highest BCUT2D eigenvalue weighted by Crippen LogP contribution is 2.03. The van der Waals surface area contributed by atoms with E-state index in [2.05, 4.69) is 24.3 Å². The van der Waals surface area contributed by atoms with Crippen LogP contribution in [0.3, 0.4) is 0 Å². The SMILES string of the molecule is c1ccc2c(c1)C[Si]2. The Bertz CT molecular complexity index is 182. The minimum absolute atomic E-state index is 1.09. The molecule has 1 aliphatic heterocycles. The van der Waals surface area contributed by atoms with Crippen molar-refractivity contribution in [3.63, 3.8) is 0 Å². The molecule has 0 aliphatic carbocycles. The first-order chi connectivity index (χ1) is 3.97. The van der Waals surface area contributed by atoms with Crippen molar-refractivity contribution in [2.45, 2.75) is 6.04 Å². The van der Waals surface area contributed by atoms with Gasteiger partial charge < -0.3 is 0 Å². The standard InChI is InChI=1S/C7H6Si/c1-2-4-7-6(3-1)5-8-7/h1-4H,5H2. The molecule has 0 saturated carbocycles. The van der Waals surface area contributed by atoms with Gasteiger partial charge in [-0.1, -0.05) is 35.0 Å². The molecule has 0 aromatic heterocycles. The summed E-state index contributed by atoms with van der Waals surface area (Å²) in [6.07, 6.45) is 0. The van der Waals surface area contributed by atoms with Crippen LogP contribution in [0.1, 0.15) is 5.56 Å². The average molecular weight is 118 g/mol. The molecular formula is C7H6Si. The van der Waals surface area contributed by atoms with Gasteiger partial charge in [-0.2, -0.15) is 0 Å². The van der Waals surface area contributed by atoms with Crippen LogP contribution < -0.4 is 5.19 Å². The van der Waals surface area contributed by atoms with E-state index in [9.17, 15) is 0 Å². The van der Waals surface area contributed by atoms with E-state index >= 15 is 0 Å². The summed E-state index contributed by atoms with van der Waals surface area (Å²) in [7, 11) is 1.09. The Morgan fingerprint density at radius 2 is 2.12 bits per heavy atom. The third-order valence-corrected chi connectivity index (χ3v) is 2.91. The zero-order chi connectivity index (χ0) is 5.40. The lowest BCUT2D eigenvalue weighted by atomic mass is 10.2. The molecule has 0 fully saturated rings. The molecule has 0 nitrogen and oxygen atoms in total. The molecule has 1 aromatic rings. The summed E-state index contributed by atoms with van der Waals surface area (Å²) in [6.45, 7) is 0. The second-order valence-electron chi connectivity index (χ2n) is 2.01. The minimum Gasteiger partial charge on any atom is -0.0633 e. The fraction of sp³-hybridized carbons (Fsp3) is 0.143. The van der Waals surface area contributed by atoms with Crippen molar-refractivity contribution in [1.82, 2.24) is 0 Å². The molecule has 0 saturated heterocycles. The van der Waals surface area contributed by atoms with Crippen LogP contribution >= 0.6 is 0 Å². The van der Waals surface area contributed by atoms with E-state index in [1.807, 2.05) is 0 Å². The Balaban J connectivity index is 2.62. The second-order valence-corrected chi connectivity index (χ2v) is 3.26. The Labute approximate surface area is 51.4 Å². The largest absolute Gasteiger partial charge is 0.0859 e. The highest BCUT2D eigenvalue weighted by Gasteiger charge is 2.10. The summed E-state index contributed by atoms with van der Waals surface area (Å²) >= 11 is 0. The van der Waals surface area contributed by atoms with Gasteiger partial charge in [-0.3, -0.25) is 0 Å². The predicted molar refractivity (Wildman–Crippen MR) is 35.5 cm³/mol. The van der Waals surface area contributed by atoms with E-state index in [4.69, 9.17) is 0 Å². The molecule has 0 amide bonds. The van der Waals surface area contributed by atoms with Crippen LogP contribution in [-0.2, 0) is 6.04 Å². The van der Waals surface area contributed by atoms with Gasteiger partial charge in [-0.05, 0) is 6.04 Å². The fourth-order valence-electron chi connectivity index (χ4n) is 0.931. The zero-order valence-corrected chi connectivity index (χ0v) is 5.52. The first-order valence-corrected chi connectivity index (χ1v) is 3.99. The highest BCUT2D eigenvalue weighted by molar-refractivity contribution is 6.58. The maximum atomic E-state index is 2.22. The first-order valence-electron chi connectivity index (χ1n) is 2.78. The minimum atomic E-state index is 1.09. The van der Waals surface area contributed by atoms with Gasteiger partial charge in [0.1, 0.15) is 0 Å². The summed E-state index contributed by atoms with van der Waals surface area (Å²) in [4.78, 5) is 0. The fourth-order valence-corrected chi connectivity index (χ4v) is 1.93. The van der Waals surface area contributed by atoms with Gasteiger partial charge in [0.25, 0.3) is 0 Å². The predicted octanol–water partition coefficient (Wildman–Crippen LogP) is 0.530. The number of fused-ring (bicyclic) bond motifs is 1. The van der Waals surface area contributed by atoms with Crippen molar-refractivity contribution in [3.05, 3.63) is 29.8 Å². The molecule has 0 spiro atoms. The van der Waals surface area contributed by atoms with Crippen LogP contribution in [-0.4, -0.2) is 9.52 Å². The third-order valence-electron chi connectivity index (χ3n) is 1.49. The topological polar surface area (TPSA) is 0 Å². The van der Waals surface area contributed by atoms with E-state index < -0.39 is 0 Å². The van der Waals surface area contributed by atoms with E-state index in [1.54, 1.807) is 10.8 Å². The second kappa shape index (κ2) is 1.45. The van der Waals surface area contributed by atoms with Gasteiger partial charge in [-0.25, -0.2) is 0 Å². The first kappa shape index (κ1) is 4.33. The molecule has 1 heterocycles. The maximum absolute atomic E-state index is 2.22. The molecular weight excluding hydrogens is 112 g/mol. The van der Waals surface area contributed by atoms with Crippen LogP contribution in [0.2, 0.25) is 0 Å². The van der Waals surface area contributed by atoms with E-state index in [1.165, 1.54) is 6.04 Å². The van der Waals surface area contributed by atoms with Gasteiger partial charge in [0.05, 0.1) is 9.52 Å². The van der Waals surface area contributed by atoms with Crippen LogP contribution in [0.15, 0.2) is 24.3 Å². The van der Waals surface area contributed by atoms with E-state index in [0.29, 0.717) is 0 Å². The third kappa shape index (κ3) is 0.449. The molecule has 2 rings (SSSR count). The van der Waals surface area contributed by atoms with Crippen molar-refractivity contribution in [2.24, 2.45) is 0 Å². The molecule has 0 N–H and O–H groups in total. The Hall–Kier alpha value is -0.563. The van der Waals surface area contributed by atoms with Crippen LogP contribution in [0.4, 0.5) is 0 Å². The van der Waals surface area contributed by atoms with Crippen LogP contribution in [0.5, 0.6) is 0 Å². The summed E-state index contributed by atoms with van der Waals surface area (Å²) in [6, 6.07) is 9.99. The molecule has 2 radical (unpaired) electrons. The van der Waals surface area contributed by atoms with Crippen LogP contribution in [0.25, 0.3) is 0 Å². The lowest BCUT2D eigenvalue weighted by Gasteiger charge is -2.15. The molecule has 1 aliphatic rings. The monoisotopic (exact) mass is 118 g/mol. The van der Waals surface area contributed by atoms with Crippen molar-refractivity contribution in [2.75, 3.05) is 0 Å². The van der Waals surface area contributed by atoms with Gasteiger partial charge in [0, 0.05) is 0 Å². The lowest BCUT2D eigenvalue weighted by molar-refractivity contribution is 1.36. The summed E-state index contributed by atoms with van der Waals surface area (Å²) in [5.74, 6) is 0. The highest BCUT2D eigenvalue weighted by atomic mass is 28.2. The Kier molecular flexibility index (Phi) is 0.787. The molecule has 0 atom stereocenters. The van der Waals surface area contributed by atoms with Crippen molar-refractivity contribution in [3.8, 4) is 0 Å². The summed E-state index contributed by atoms with van der Waals surface area (Å²) in [5.41, 5.74) is 1.56. The van der Waals surface area contributed by atoms with E-state index in [0.717, 1.165) is 9.52 Å². The van der Waals surface area contributed by atoms with Crippen LogP contribution in [0, 0.1) is 0 Å². The molecule has 1 heteroatoms. The number of hydrogen-bond acceptors (Lipinski definition) is 0. The smallest absolute Gasteiger partial charge is 0.0633 e. The normalized spacial score (nSPS) is 14.5. The van der Waals surface area contributed by atoms with Gasteiger partial charge >= 0.3 is 0 Å². The Morgan fingerprint density at radius 1 is 1.25 bits per heavy atom. The lowest BCUT2D eigenvalue weighted by Crippen LogP contribution is -2.32. The molecule has 0 unspecified atom stereocenters. The van der Waals surface area contributed by atoms with Gasteiger partial charge in [0.2, 0.25) is 0 Å². The summed E-state index contributed by atoms with van der Waals surface area (Å²) in [5, 5.41) is 1.58. The Morgan fingerprint density at radius 3 is 2.50 bits per heavy atom. The number of benzene rings is 1. The van der Waals surface area contributed by atoms with Crippen molar-refractivity contribution < 1.29 is 0 Å². The summed E-state index contributed by atoms with van der Waals surface area (Å²) < 4.78 is 0. The van der Waals surface area contributed by atoms with E-state index in [-0.39, 0.29) is 0 Å². The number of hydrogen-bond donors (Lipinski definition) is 0. The molecule has 8 heavy (non-hydrogen) atoms. The van der Waals surface area contributed by atoms with Crippen molar-refractivity contribution >= 4 is 14.7 Å². The average Bonchev–Trinajstić information content (AvgIpc) is 1.72. The van der Waals surface area contributed by atoms with Crippen molar-refractivity contribution in [1.29, 1.82) is 0 Å². The van der Waals surface area contributed by atoms with Gasteiger partial charge in [-0.15, -0.1) is 0 Å². The molecule has 1 aromatic carbocycles. The molecule has 0 bridgehead atoms. The van der Waals surface area contributed by atoms with Gasteiger partial charge in [0.15, 0.2) is 0 Å². The quantitative estimate of drug-likeness (QED) is 0.436.